The molecule has 1 saturated heterocycles. The highest BCUT2D eigenvalue weighted by Crippen LogP contribution is 2.53. The Bertz CT molecular complexity index is 474. The van der Waals surface area contributed by atoms with E-state index in [4.69, 9.17) is 14.0 Å². The minimum Gasteiger partial charge on any atom is -0.447 e. The monoisotopic (exact) mass is 393 g/mol. The second-order valence-corrected chi connectivity index (χ2v) is 10.4. The second kappa shape index (κ2) is 10.6. The van der Waals surface area contributed by atoms with Crippen molar-refractivity contribution >= 4 is 13.8 Å². The summed E-state index contributed by atoms with van der Waals surface area (Å²) in [5, 5.41) is 0. The van der Waals surface area contributed by atoms with Crippen molar-refractivity contribution in [1.82, 2.24) is 14.2 Å². The molecule has 1 amide bonds. The molecule has 1 aliphatic heterocycles. The van der Waals surface area contributed by atoms with E-state index in [-0.39, 0.29) is 18.1 Å². The van der Waals surface area contributed by atoms with Gasteiger partial charge in [0.2, 0.25) is 0 Å². The van der Waals surface area contributed by atoms with E-state index in [2.05, 4.69) is 0 Å². The van der Waals surface area contributed by atoms with Gasteiger partial charge in [-0.15, -0.1) is 0 Å². The molecule has 0 spiro atoms. The Labute approximate surface area is 158 Å². The molecule has 26 heavy (non-hydrogen) atoms. The van der Waals surface area contributed by atoms with Crippen LogP contribution in [0.25, 0.3) is 0 Å². The molecule has 0 N–H and O–H groups in total. The number of carbonyl (C=O) groups is 1. The molecule has 9 heteroatoms. The van der Waals surface area contributed by atoms with Gasteiger partial charge in [-0.1, -0.05) is 27.7 Å². The molecule has 1 heterocycles. The van der Waals surface area contributed by atoms with Gasteiger partial charge in [0.25, 0.3) is 0 Å². The van der Waals surface area contributed by atoms with E-state index in [1.807, 2.05) is 32.4 Å². The van der Waals surface area contributed by atoms with Crippen molar-refractivity contribution in [3.63, 3.8) is 0 Å². The van der Waals surface area contributed by atoms with Gasteiger partial charge in [0.15, 0.2) is 0 Å². The Balaban J connectivity index is 2.49. The normalized spacial score (nSPS) is 18.8. The summed E-state index contributed by atoms with van der Waals surface area (Å²) in [7, 11) is 0.443. The van der Waals surface area contributed by atoms with Crippen LogP contribution in [-0.4, -0.2) is 87.0 Å². The minimum atomic E-state index is -3.09. The van der Waals surface area contributed by atoms with Gasteiger partial charge in [-0.2, -0.15) is 0 Å². The Morgan fingerprint density at radius 2 is 1.69 bits per heavy atom. The fraction of sp³-hybridized carbons (Fsp3) is 0.941. The van der Waals surface area contributed by atoms with Crippen molar-refractivity contribution in [1.29, 1.82) is 0 Å². The number of nitrogens with zero attached hydrogens (tertiary/aromatic N) is 3. The molecule has 1 rings (SSSR count). The van der Waals surface area contributed by atoms with Crippen LogP contribution in [0.3, 0.4) is 0 Å². The number of hydrogen-bond acceptors (Lipinski definition) is 5. The van der Waals surface area contributed by atoms with Crippen LogP contribution in [0.4, 0.5) is 4.79 Å². The third-order valence-corrected chi connectivity index (χ3v) is 6.44. The molecule has 1 aliphatic rings. The first-order chi connectivity index (χ1) is 12.1. The quantitative estimate of drug-likeness (QED) is 0.441. The fourth-order valence-corrected chi connectivity index (χ4v) is 4.52. The van der Waals surface area contributed by atoms with Crippen LogP contribution in [0.15, 0.2) is 0 Å². The molecular formula is C17H36N3O5P. The van der Waals surface area contributed by atoms with E-state index in [1.54, 1.807) is 23.7 Å². The van der Waals surface area contributed by atoms with E-state index in [0.717, 1.165) is 6.42 Å². The van der Waals surface area contributed by atoms with Crippen LogP contribution in [0.2, 0.25) is 0 Å². The van der Waals surface area contributed by atoms with Crippen LogP contribution in [0.5, 0.6) is 0 Å². The molecule has 0 bridgehead atoms. The van der Waals surface area contributed by atoms with Gasteiger partial charge in [-0.3, -0.25) is 4.57 Å². The first-order valence-electron chi connectivity index (χ1n) is 9.27. The van der Waals surface area contributed by atoms with E-state index < -0.39 is 7.67 Å². The van der Waals surface area contributed by atoms with Gasteiger partial charge in [-0.25, -0.2) is 14.1 Å². The summed E-state index contributed by atoms with van der Waals surface area (Å²) >= 11 is 0. The molecule has 8 nitrogen and oxygen atoms in total. The Morgan fingerprint density at radius 3 is 2.19 bits per heavy atom. The maximum Gasteiger partial charge on any atom is 0.409 e. The molecular weight excluding hydrogens is 357 g/mol. The van der Waals surface area contributed by atoms with Crippen molar-refractivity contribution < 1.29 is 23.4 Å². The van der Waals surface area contributed by atoms with Crippen LogP contribution in [0.1, 0.15) is 34.1 Å². The lowest BCUT2D eigenvalue weighted by Gasteiger charge is -2.40. The minimum absolute atomic E-state index is 0.0723. The summed E-state index contributed by atoms with van der Waals surface area (Å²) in [6, 6.07) is 0. The lowest BCUT2D eigenvalue weighted by Crippen LogP contribution is -2.49. The molecule has 0 radical (unpaired) electrons. The lowest BCUT2D eigenvalue weighted by molar-refractivity contribution is 0.0476. The highest BCUT2D eigenvalue weighted by atomic mass is 31.2. The predicted octanol–water partition coefficient (Wildman–Crippen LogP) is 2.90. The van der Waals surface area contributed by atoms with Crippen molar-refractivity contribution in [2.75, 3.05) is 66.7 Å². The van der Waals surface area contributed by atoms with Crippen LogP contribution < -0.4 is 0 Å². The van der Waals surface area contributed by atoms with Gasteiger partial charge in [0, 0.05) is 32.8 Å². The molecule has 0 saturated carbocycles. The first-order valence-corrected chi connectivity index (χ1v) is 10.8. The summed E-state index contributed by atoms with van der Waals surface area (Å²) in [6.07, 6.45) is 0.596. The highest BCUT2D eigenvalue weighted by Gasteiger charge is 2.38. The summed E-state index contributed by atoms with van der Waals surface area (Å²) in [4.78, 5) is 13.7. The van der Waals surface area contributed by atoms with E-state index >= 15 is 0 Å². The number of amides is 1. The van der Waals surface area contributed by atoms with Crippen LogP contribution in [0, 0.1) is 5.41 Å². The van der Waals surface area contributed by atoms with Gasteiger partial charge in [0.1, 0.15) is 6.61 Å². The zero-order chi connectivity index (χ0) is 19.8. The average molecular weight is 393 g/mol. The zero-order valence-electron chi connectivity index (χ0n) is 17.2. The molecule has 1 unspecified atom stereocenters. The van der Waals surface area contributed by atoms with Gasteiger partial charge < -0.3 is 18.9 Å². The first kappa shape index (κ1) is 23.4. The highest BCUT2D eigenvalue weighted by molar-refractivity contribution is 7.53. The molecule has 0 aliphatic carbocycles. The van der Waals surface area contributed by atoms with Crippen LogP contribution >= 0.6 is 7.67 Å². The summed E-state index contributed by atoms with van der Waals surface area (Å²) < 4.78 is 33.2. The second-order valence-electron chi connectivity index (χ2n) is 7.84. The van der Waals surface area contributed by atoms with Crippen molar-refractivity contribution in [3.8, 4) is 0 Å². The molecule has 0 aromatic rings. The summed E-state index contributed by atoms with van der Waals surface area (Å²) in [5.41, 5.74) is -0.0723. The van der Waals surface area contributed by atoms with E-state index in [1.165, 1.54) is 0 Å². The topological polar surface area (TPSA) is 71.5 Å². The fourth-order valence-electron chi connectivity index (χ4n) is 2.38. The third kappa shape index (κ3) is 7.53. The maximum atomic E-state index is 13.3. The Hall–Kier alpha value is -0.660. The molecule has 154 valence electrons. The van der Waals surface area contributed by atoms with E-state index in [9.17, 15) is 9.36 Å². The number of rotatable bonds is 9. The Kier molecular flexibility index (Phi) is 9.55. The van der Waals surface area contributed by atoms with E-state index in [0.29, 0.717) is 46.0 Å². The number of piperazine rings is 1. The molecule has 0 aromatic carbocycles. The summed E-state index contributed by atoms with van der Waals surface area (Å²) in [6.45, 7) is 11.8. The van der Waals surface area contributed by atoms with Crippen molar-refractivity contribution in [2.45, 2.75) is 34.1 Å². The average Bonchev–Trinajstić information content (AvgIpc) is 2.58. The molecule has 1 atom stereocenters. The van der Waals surface area contributed by atoms with Gasteiger partial charge in [0.05, 0.1) is 13.2 Å². The zero-order valence-corrected chi connectivity index (χ0v) is 18.1. The predicted molar refractivity (Wildman–Crippen MR) is 102 cm³/mol. The largest absolute Gasteiger partial charge is 0.447 e. The number of carbonyl (C=O) groups excluding carboxylic acids is 1. The molecule has 1 fully saturated rings. The van der Waals surface area contributed by atoms with Gasteiger partial charge in [-0.05, 0) is 25.9 Å². The van der Waals surface area contributed by atoms with Crippen molar-refractivity contribution in [2.24, 2.45) is 5.41 Å². The van der Waals surface area contributed by atoms with Crippen LogP contribution in [-0.2, 0) is 18.6 Å². The SMILES string of the molecule is CCCOCCOC(=O)N1CCN(P(=O)(OCC(C)(C)C)N(C)C)CC1. The Morgan fingerprint density at radius 1 is 1.08 bits per heavy atom. The van der Waals surface area contributed by atoms with Gasteiger partial charge >= 0.3 is 13.8 Å². The van der Waals surface area contributed by atoms with Crippen molar-refractivity contribution in [3.05, 3.63) is 0 Å². The lowest BCUT2D eigenvalue weighted by atomic mass is 9.99. The number of hydrogen-bond donors (Lipinski definition) is 0. The summed E-state index contributed by atoms with van der Waals surface area (Å²) in [5.74, 6) is 0. The molecule has 0 aromatic heterocycles. The number of ether oxygens (including phenoxy) is 2. The smallest absolute Gasteiger partial charge is 0.409 e. The standard InChI is InChI=1S/C17H36N3O5P/c1-7-12-23-13-14-24-16(21)19-8-10-20(11-9-19)26(22,18(5)6)25-15-17(2,3)4/h7-15H2,1-6H3. The third-order valence-electron chi connectivity index (χ3n) is 3.84. The maximum absolute atomic E-state index is 13.3.